The van der Waals surface area contributed by atoms with E-state index in [1.807, 2.05) is 0 Å². The van der Waals surface area contributed by atoms with Gasteiger partial charge >= 0.3 is 0 Å². The van der Waals surface area contributed by atoms with E-state index < -0.39 is 85.4 Å². The van der Waals surface area contributed by atoms with E-state index in [2.05, 4.69) is 10.6 Å². The fraction of sp³-hybridized carbons (Fsp3) is 0.467. The number of rotatable bonds is 17. The summed E-state index contributed by atoms with van der Waals surface area (Å²) in [7, 11) is 0. The van der Waals surface area contributed by atoms with E-state index in [9.17, 15) is 60.0 Å². The van der Waals surface area contributed by atoms with Crippen LogP contribution in [0.15, 0.2) is 42.5 Å². The first-order valence-electron chi connectivity index (χ1n) is 14.5. The van der Waals surface area contributed by atoms with Crippen molar-refractivity contribution in [2.24, 2.45) is 0 Å². The van der Waals surface area contributed by atoms with Crippen molar-refractivity contribution in [2.45, 2.75) is 48.8 Å². The molecule has 47 heavy (non-hydrogen) atoms. The third kappa shape index (κ3) is 8.54. The predicted molar refractivity (Wildman–Crippen MR) is 160 cm³/mol. The molecule has 2 aromatic carbocycles. The van der Waals surface area contributed by atoms with Gasteiger partial charge in [0.1, 0.15) is 36.6 Å². The first-order chi connectivity index (χ1) is 22.3. The SMILES string of the molecule is O=C1c2ccccc2C(=O)c2c1cccc2N(CCNC(=O)C(O)C(O)C(O)C(O)CO)CCNC(=O)C(O)C(O)C(O)C(O)CO. The summed E-state index contributed by atoms with van der Waals surface area (Å²) in [5, 5.41) is 101. The highest BCUT2D eigenvalue weighted by Crippen LogP contribution is 2.33. The molecule has 12 N–H and O–H groups in total. The maximum Gasteiger partial charge on any atom is 0.251 e. The van der Waals surface area contributed by atoms with Crippen molar-refractivity contribution >= 4 is 29.1 Å². The Hall–Kier alpha value is -3.88. The minimum absolute atomic E-state index is 0.0296. The number of carbonyl (C=O) groups is 4. The van der Waals surface area contributed by atoms with Crippen LogP contribution >= 0.6 is 0 Å². The Balaban J connectivity index is 1.81. The lowest BCUT2D eigenvalue weighted by Gasteiger charge is -2.30. The van der Waals surface area contributed by atoms with Crippen LogP contribution in [0, 0.1) is 0 Å². The quantitative estimate of drug-likeness (QED) is 0.0640. The molecule has 0 fully saturated rings. The molecule has 17 heteroatoms. The summed E-state index contributed by atoms with van der Waals surface area (Å²) in [6.07, 6.45) is -16.5. The Labute approximate surface area is 267 Å². The van der Waals surface area contributed by atoms with Crippen LogP contribution < -0.4 is 15.5 Å². The third-order valence-electron chi connectivity index (χ3n) is 7.68. The summed E-state index contributed by atoms with van der Waals surface area (Å²) in [4.78, 5) is 53.3. The van der Waals surface area contributed by atoms with Gasteiger partial charge in [-0.05, 0) is 6.07 Å². The molecule has 8 unspecified atom stereocenters. The molecule has 0 spiro atoms. The summed E-state index contributed by atoms with van der Waals surface area (Å²) in [6, 6.07) is 10.7. The Morgan fingerprint density at radius 3 is 1.47 bits per heavy atom. The highest BCUT2D eigenvalue weighted by Gasteiger charge is 2.36. The molecule has 3 rings (SSSR count). The first-order valence-corrected chi connectivity index (χ1v) is 14.5. The highest BCUT2D eigenvalue weighted by atomic mass is 16.4. The molecule has 17 nitrogen and oxygen atoms in total. The Bertz CT molecular complexity index is 1380. The molecule has 0 saturated carbocycles. The predicted octanol–water partition coefficient (Wildman–Crippen LogP) is -5.63. The number of aliphatic hydroxyl groups is 10. The number of nitrogens with one attached hydrogen (secondary N) is 2. The van der Waals surface area contributed by atoms with Gasteiger partial charge in [0, 0.05) is 48.6 Å². The number of carbonyl (C=O) groups excluding carboxylic acids is 4. The van der Waals surface area contributed by atoms with Gasteiger partial charge in [0.2, 0.25) is 0 Å². The number of benzene rings is 2. The van der Waals surface area contributed by atoms with E-state index in [1.54, 1.807) is 12.1 Å². The topological polar surface area (TPSA) is 298 Å². The number of hydrogen-bond donors (Lipinski definition) is 12. The monoisotopic (exact) mass is 665 g/mol. The van der Waals surface area contributed by atoms with Crippen LogP contribution in [0.4, 0.5) is 5.69 Å². The van der Waals surface area contributed by atoms with Gasteiger partial charge in [-0.2, -0.15) is 0 Å². The number of ketones is 2. The van der Waals surface area contributed by atoms with Crippen molar-refractivity contribution in [3.05, 3.63) is 64.7 Å². The molecule has 1 aliphatic rings. The second-order valence-corrected chi connectivity index (χ2v) is 10.8. The minimum atomic E-state index is -2.22. The molecular weight excluding hydrogens is 626 g/mol. The Morgan fingerprint density at radius 2 is 1.02 bits per heavy atom. The van der Waals surface area contributed by atoms with Crippen LogP contribution in [0.5, 0.6) is 0 Å². The summed E-state index contributed by atoms with van der Waals surface area (Å²) in [5.74, 6) is -3.22. The average Bonchev–Trinajstić information content (AvgIpc) is 3.09. The molecule has 0 aliphatic heterocycles. The van der Waals surface area contributed by atoms with Crippen molar-refractivity contribution in [3.8, 4) is 0 Å². The van der Waals surface area contributed by atoms with Gasteiger partial charge in [-0.25, -0.2) is 0 Å². The molecule has 2 aromatic rings. The summed E-state index contributed by atoms with van der Waals surface area (Å²) in [5.41, 5.74) is 0.690. The van der Waals surface area contributed by atoms with Gasteiger partial charge in [-0.3, -0.25) is 19.2 Å². The molecular formula is C30H39N3O14. The van der Waals surface area contributed by atoms with Gasteiger partial charge in [-0.1, -0.05) is 36.4 Å². The maximum atomic E-state index is 13.6. The maximum absolute atomic E-state index is 13.6. The third-order valence-corrected chi connectivity index (χ3v) is 7.68. The van der Waals surface area contributed by atoms with E-state index in [1.165, 1.54) is 35.2 Å². The standard InChI is InChI=1S/C30H39N3O14/c34-12-18(36)23(40)25(42)27(44)29(46)31-8-10-33(11-9-32-30(47)28(45)26(43)24(41)19(37)13-35)17-7-3-6-16-20(17)22(39)15-5-2-1-4-14(15)21(16)38/h1-7,18-19,23-28,34-37,40-45H,8-13H2,(H,31,46)(H,32,47). The van der Waals surface area contributed by atoms with Gasteiger partial charge < -0.3 is 66.6 Å². The van der Waals surface area contributed by atoms with Crippen molar-refractivity contribution in [1.82, 2.24) is 10.6 Å². The summed E-state index contributed by atoms with van der Waals surface area (Å²) >= 11 is 0. The second kappa shape index (κ2) is 16.8. The van der Waals surface area contributed by atoms with Crippen molar-refractivity contribution < 1.29 is 70.2 Å². The molecule has 0 saturated heterocycles. The molecule has 8 atom stereocenters. The van der Waals surface area contributed by atoms with E-state index in [0.29, 0.717) is 0 Å². The highest BCUT2D eigenvalue weighted by molar-refractivity contribution is 6.30. The molecule has 0 bridgehead atoms. The zero-order valence-electron chi connectivity index (χ0n) is 25.0. The molecule has 2 amide bonds. The van der Waals surface area contributed by atoms with Gasteiger partial charge in [0.25, 0.3) is 11.8 Å². The second-order valence-electron chi connectivity index (χ2n) is 10.8. The van der Waals surface area contributed by atoms with Gasteiger partial charge in [0.05, 0.1) is 18.8 Å². The van der Waals surface area contributed by atoms with E-state index in [-0.39, 0.29) is 54.1 Å². The van der Waals surface area contributed by atoms with Gasteiger partial charge in [-0.15, -0.1) is 0 Å². The number of aliphatic hydroxyl groups excluding tert-OH is 10. The number of anilines is 1. The zero-order valence-corrected chi connectivity index (χ0v) is 25.0. The lowest BCUT2D eigenvalue weighted by atomic mass is 9.83. The number of nitrogens with zero attached hydrogens (tertiary/aromatic N) is 1. The van der Waals surface area contributed by atoms with Crippen LogP contribution in [0.1, 0.15) is 31.8 Å². The van der Waals surface area contributed by atoms with Crippen LogP contribution in [0.2, 0.25) is 0 Å². The van der Waals surface area contributed by atoms with Crippen LogP contribution in [0.25, 0.3) is 0 Å². The Morgan fingerprint density at radius 1 is 0.596 bits per heavy atom. The smallest absolute Gasteiger partial charge is 0.251 e. The van der Waals surface area contributed by atoms with Crippen LogP contribution in [0.3, 0.4) is 0 Å². The van der Waals surface area contributed by atoms with Crippen LogP contribution in [-0.2, 0) is 9.59 Å². The fourth-order valence-corrected chi connectivity index (χ4v) is 4.94. The molecule has 1 aliphatic carbocycles. The molecule has 0 heterocycles. The molecule has 0 aromatic heterocycles. The number of fused-ring (bicyclic) bond motifs is 2. The lowest BCUT2D eigenvalue weighted by Crippen LogP contribution is -2.53. The fourth-order valence-electron chi connectivity index (χ4n) is 4.94. The Kier molecular flexibility index (Phi) is 13.4. The molecule has 258 valence electrons. The number of hydrogen-bond acceptors (Lipinski definition) is 15. The van der Waals surface area contributed by atoms with Crippen molar-refractivity contribution in [1.29, 1.82) is 0 Å². The van der Waals surface area contributed by atoms with E-state index in [4.69, 9.17) is 10.2 Å². The molecule has 0 radical (unpaired) electrons. The van der Waals surface area contributed by atoms with Crippen LogP contribution in [-0.4, -0.2) is 163 Å². The van der Waals surface area contributed by atoms with Crippen molar-refractivity contribution in [3.63, 3.8) is 0 Å². The van der Waals surface area contributed by atoms with Crippen molar-refractivity contribution in [2.75, 3.05) is 44.3 Å². The summed E-state index contributed by atoms with van der Waals surface area (Å²) < 4.78 is 0. The minimum Gasteiger partial charge on any atom is -0.394 e. The average molecular weight is 666 g/mol. The first kappa shape index (κ1) is 37.6. The normalized spacial score (nSPS) is 17.7. The van der Waals surface area contributed by atoms with Gasteiger partial charge in [0.15, 0.2) is 23.8 Å². The van der Waals surface area contributed by atoms with E-state index in [0.717, 1.165) is 0 Å². The lowest BCUT2D eigenvalue weighted by molar-refractivity contribution is -0.149. The number of amides is 2. The van der Waals surface area contributed by atoms with E-state index >= 15 is 0 Å². The largest absolute Gasteiger partial charge is 0.394 e. The summed E-state index contributed by atoms with van der Waals surface area (Å²) in [6.45, 7) is -2.73. The zero-order chi connectivity index (χ0) is 35.0.